The van der Waals surface area contributed by atoms with Crippen molar-refractivity contribution >= 4 is 29.1 Å². The van der Waals surface area contributed by atoms with Crippen molar-refractivity contribution in [3.63, 3.8) is 0 Å². The van der Waals surface area contributed by atoms with Crippen LogP contribution in [0.3, 0.4) is 0 Å². The first-order chi connectivity index (χ1) is 10.2. The summed E-state index contributed by atoms with van der Waals surface area (Å²) in [5.74, 6) is 0.128. The Bertz CT molecular complexity index is 563. The predicted molar refractivity (Wildman–Crippen MR) is 82.1 cm³/mol. The van der Waals surface area contributed by atoms with E-state index in [9.17, 15) is 9.18 Å². The molecule has 0 saturated heterocycles. The summed E-state index contributed by atoms with van der Waals surface area (Å²) in [5, 5.41) is 4.57. The summed E-state index contributed by atoms with van der Waals surface area (Å²) in [6, 6.07) is 6.27. The maximum Gasteiger partial charge on any atom is 0.307 e. The van der Waals surface area contributed by atoms with Crippen molar-refractivity contribution in [3.05, 3.63) is 35.6 Å². The number of nitrogens with zero attached hydrogens (tertiary/aromatic N) is 2. The van der Waals surface area contributed by atoms with Gasteiger partial charge in [-0.2, -0.15) is 5.10 Å². The molecule has 1 N–H and O–H groups in total. The van der Waals surface area contributed by atoms with Gasteiger partial charge < -0.3 is 4.74 Å². The molecule has 0 aromatic heterocycles. The molecular formula is C14H16FN3O2S. The smallest absolute Gasteiger partial charge is 0.307 e. The van der Waals surface area contributed by atoms with Crippen molar-refractivity contribution in [2.24, 2.45) is 10.1 Å². The lowest BCUT2D eigenvalue weighted by Gasteiger charge is -2.04. The van der Waals surface area contributed by atoms with Crippen LogP contribution in [0.25, 0.3) is 0 Å². The van der Waals surface area contributed by atoms with Crippen molar-refractivity contribution in [1.82, 2.24) is 5.43 Å². The largest absolute Gasteiger partial charge is 0.466 e. The molecule has 1 atom stereocenters. The minimum Gasteiger partial charge on any atom is -0.466 e. The summed E-state index contributed by atoms with van der Waals surface area (Å²) in [4.78, 5) is 15.7. The van der Waals surface area contributed by atoms with E-state index in [0.717, 1.165) is 0 Å². The summed E-state index contributed by atoms with van der Waals surface area (Å²) in [7, 11) is 0. The third-order valence-corrected chi connectivity index (χ3v) is 3.71. The van der Waals surface area contributed by atoms with Gasteiger partial charge in [0, 0.05) is 11.3 Å². The van der Waals surface area contributed by atoms with Gasteiger partial charge in [-0.3, -0.25) is 15.2 Å². The van der Waals surface area contributed by atoms with Crippen LogP contribution in [0, 0.1) is 5.82 Å². The van der Waals surface area contributed by atoms with E-state index in [-0.39, 0.29) is 24.2 Å². The van der Waals surface area contributed by atoms with Gasteiger partial charge in [0.25, 0.3) is 0 Å². The average molecular weight is 309 g/mol. The van der Waals surface area contributed by atoms with Crippen LogP contribution in [0.4, 0.5) is 4.39 Å². The number of benzene rings is 1. The number of aliphatic imine (C=N–C) groups is 1. The highest BCUT2D eigenvalue weighted by molar-refractivity contribution is 8.14. The fourth-order valence-electron chi connectivity index (χ4n) is 1.73. The van der Waals surface area contributed by atoms with Gasteiger partial charge in [0.15, 0.2) is 5.17 Å². The lowest BCUT2D eigenvalue weighted by atomic mass is 10.2. The molecule has 1 aliphatic heterocycles. The first kappa shape index (κ1) is 15.5. The number of carbonyl (C=O) groups excluding carboxylic acids is 1. The summed E-state index contributed by atoms with van der Waals surface area (Å²) in [6.45, 7) is 2.15. The van der Waals surface area contributed by atoms with Gasteiger partial charge >= 0.3 is 5.97 Å². The second-order valence-corrected chi connectivity index (χ2v) is 5.31. The van der Waals surface area contributed by atoms with E-state index < -0.39 is 0 Å². The molecule has 2 rings (SSSR count). The zero-order chi connectivity index (χ0) is 15.1. The Balaban J connectivity index is 1.84. The Labute approximate surface area is 126 Å². The highest BCUT2D eigenvalue weighted by Crippen LogP contribution is 2.19. The summed E-state index contributed by atoms with van der Waals surface area (Å²) < 4.78 is 18.2. The summed E-state index contributed by atoms with van der Waals surface area (Å²) in [5.41, 5.74) is 3.16. The number of thioether (sulfide) groups is 1. The molecule has 0 spiro atoms. The van der Waals surface area contributed by atoms with Gasteiger partial charge in [0.05, 0.1) is 25.3 Å². The van der Waals surface area contributed by atoms with Gasteiger partial charge in [-0.05, 0) is 13.0 Å². The summed E-state index contributed by atoms with van der Waals surface area (Å²) >= 11 is 1.47. The van der Waals surface area contributed by atoms with Crippen LogP contribution < -0.4 is 5.43 Å². The predicted octanol–water partition coefficient (Wildman–Crippen LogP) is 2.17. The lowest BCUT2D eigenvalue weighted by molar-refractivity contribution is -0.143. The topological polar surface area (TPSA) is 63.0 Å². The Morgan fingerprint density at radius 2 is 2.43 bits per heavy atom. The van der Waals surface area contributed by atoms with Crippen molar-refractivity contribution in [1.29, 1.82) is 0 Å². The fraction of sp³-hybridized carbons (Fsp3) is 0.357. The van der Waals surface area contributed by atoms with Crippen LogP contribution in [-0.4, -0.2) is 35.8 Å². The number of hydrogen-bond acceptors (Lipinski definition) is 6. The Hall–Kier alpha value is -1.89. The zero-order valence-corrected chi connectivity index (χ0v) is 12.4. The number of amidine groups is 1. The molecule has 1 aromatic carbocycles. The van der Waals surface area contributed by atoms with Crippen LogP contribution in [0.5, 0.6) is 0 Å². The van der Waals surface area contributed by atoms with Crippen LogP contribution in [-0.2, 0) is 9.53 Å². The molecule has 0 radical (unpaired) electrons. The van der Waals surface area contributed by atoms with Crippen LogP contribution in [0.1, 0.15) is 18.9 Å². The molecule has 1 aliphatic rings. The molecule has 0 saturated carbocycles. The molecule has 1 unspecified atom stereocenters. The van der Waals surface area contributed by atoms with E-state index in [2.05, 4.69) is 15.5 Å². The van der Waals surface area contributed by atoms with Crippen molar-refractivity contribution in [2.45, 2.75) is 19.4 Å². The van der Waals surface area contributed by atoms with E-state index in [4.69, 9.17) is 4.74 Å². The zero-order valence-electron chi connectivity index (χ0n) is 11.6. The maximum absolute atomic E-state index is 13.4. The van der Waals surface area contributed by atoms with Crippen molar-refractivity contribution in [3.8, 4) is 0 Å². The molecule has 1 aromatic rings. The van der Waals surface area contributed by atoms with Crippen LogP contribution >= 0.6 is 11.8 Å². The van der Waals surface area contributed by atoms with Gasteiger partial charge in [0.1, 0.15) is 5.82 Å². The molecule has 0 aliphatic carbocycles. The van der Waals surface area contributed by atoms with E-state index in [1.54, 1.807) is 25.1 Å². The average Bonchev–Trinajstić information content (AvgIpc) is 2.88. The Kier molecular flexibility index (Phi) is 5.74. The first-order valence-electron chi connectivity index (χ1n) is 6.59. The SMILES string of the molecule is CCOC(=O)CC1CSC(N/N=C/c2ccccc2F)=N1. The Morgan fingerprint density at radius 1 is 1.62 bits per heavy atom. The Morgan fingerprint density at radius 3 is 3.19 bits per heavy atom. The van der Waals surface area contributed by atoms with Gasteiger partial charge in [0.2, 0.25) is 0 Å². The number of hydrazone groups is 1. The number of hydrogen-bond donors (Lipinski definition) is 1. The number of esters is 1. The molecular weight excluding hydrogens is 293 g/mol. The van der Waals surface area contributed by atoms with Crippen LogP contribution in [0.2, 0.25) is 0 Å². The molecule has 7 heteroatoms. The number of nitrogens with one attached hydrogen (secondary N) is 1. The molecule has 112 valence electrons. The second-order valence-electron chi connectivity index (χ2n) is 4.30. The first-order valence-corrected chi connectivity index (χ1v) is 7.57. The van der Waals surface area contributed by atoms with E-state index in [1.165, 1.54) is 24.0 Å². The fourth-order valence-corrected chi connectivity index (χ4v) is 2.61. The van der Waals surface area contributed by atoms with E-state index in [0.29, 0.717) is 23.1 Å². The summed E-state index contributed by atoms with van der Waals surface area (Å²) in [6.07, 6.45) is 1.67. The quantitative estimate of drug-likeness (QED) is 0.514. The molecule has 1 heterocycles. The van der Waals surface area contributed by atoms with Crippen molar-refractivity contribution < 1.29 is 13.9 Å². The lowest BCUT2D eigenvalue weighted by Crippen LogP contribution is -2.15. The molecule has 0 amide bonds. The minimum absolute atomic E-state index is 0.0970. The minimum atomic E-state index is -0.329. The van der Waals surface area contributed by atoms with Crippen LogP contribution in [0.15, 0.2) is 34.4 Å². The van der Waals surface area contributed by atoms with Gasteiger partial charge in [-0.25, -0.2) is 4.39 Å². The molecule has 5 nitrogen and oxygen atoms in total. The third kappa shape index (κ3) is 4.86. The highest BCUT2D eigenvalue weighted by Gasteiger charge is 2.21. The molecule has 0 bridgehead atoms. The second kappa shape index (κ2) is 7.78. The standard InChI is InChI=1S/C14H16FN3O2S/c1-2-20-13(19)7-11-9-21-14(17-11)18-16-8-10-5-3-4-6-12(10)15/h3-6,8,11H,2,7,9H2,1H3,(H,17,18)/b16-8+. The van der Waals surface area contributed by atoms with Crippen molar-refractivity contribution in [2.75, 3.05) is 12.4 Å². The number of rotatable bonds is 5. The third-order valence-electron chi connectivity index (χ3n) is 2.69. The number of carbonyl (C=O) groups is 1. The maximum atomic E-state index is 13.4. The van der Waals surface area contributed by atoms with E-state index in [1.807, 2.05) is 0 Å². The highest BCUT2D eigenvalue weighted by atomic mass is 32.2. The molecule has 0 fully saturated rings. The number of ether oxygens (including phenoxy) is 1. The monoisotopic (exact) mass is 309 g/mol. The van der Waals surface area contributed by atoms with E-state index >= 15 is 0 Å². The number of halogens is 1. The molecule has 21 heavy (non-hydrogen) atoms. The normalized spacial score (nSPS) is 17.8. The van der Waals surface area contributed by atoms with Gasteiger partial charge in [-0.1, -0.05) is 30.0 Å². The van der Waals surface area contributed by atoms with Gasteiger partial charge in [-0.15, -0.1) is 0 Å².